The molecule has 0 atom stereocenters. The van der Waals surface area contributed by atoms with Crippen molar-refractivity contribution in [2.24, 2.45) is 0 Å². The maximum Gasteiger partial charge on any atom is 0.241 e. The zero-order valence-corrected chi connectivity index (χ0v) is 10.6. The molecule has 0 unspecified atom stereocenters. The minimum Gasteiger partial charge on any atom is -0.366 e. The molecule has 0 radical (unpaired) electrons. The van der Waals surface area contributed by atoms with Crippen LogP contribution in [0.15, 0.2) is 24.3 Å². The second-order valence-corrected chi connectivity index (χ2v) is 5.30. The number of nitrogens with zero attached hydrogens (tertiary/aromatic N) is 3. The van der Waals surface area contributed by atoms with Crippen molar-refractivity contribution in [2.75, 3.05) is 5.73 Å². The van der Waals surface area contributed by atoms with E-state index in [0.29, 0.717) is 5.95 Å². The maximum atomic E-state index is 5.88. The normalized spacial score (nSPS) is 11.2. The van der Waals surface area contributed by atoms with Crippen molar-refractivity contribution in [3.05, 3.63) is 34.2 Å². The summed E-state index contributed by atoms with van der Waals surface area (Å²) in [6.07, 6.45) is 0. The fourth-order valence-electron chi connectivity index (χ4n) is 1.79. The highest BCUT2D eigenvalue weighted by atomic mass is 35.5. The van der Waals surface area contributed by atoms with Crippen LogP contribution in [0, 0.1) is 6.92 Å². The van der Waals surface area contributed by atoms with Gasteiger partial charge in [-0.3, -0.25) is 0 Å². The lowest BCUT2D eigenvalue weighted by atomic mass is 10.1. The Hall–Kier alpha value is -1.59. The van der Waals surface area contributed by atoms with Gasteiger partial charge in [0.1, 0.15) is 0 Å². The van der Waals surface area contributed by atoms with Crippen LogP contribution in [-0.4, -0.2) is 14.6 Å². The molecule has 0 aliphatic carbocycles. The maximum absolute atomic E-state index is 5.88. The van der Waals surface area contributed by atoms with E-state index >= 15 is 0 Å². The van der Waals surface area contributed by atoms with Crippen LogP contribution in [0.3, 0.4) is 0 Å². The van der Waals surface area contributed by atoms with Gasteiger partial charge in [0, 0.05) is 15.5 Å². The van der Waals surface area contributed by atoms with E-state index in [9.17, 15) is 0 Å². The van der Waals surface area contributed by atoms with Crippen LogP contribution < -0.4 is 5.73 Å². The smallest absolute Gasteiger partial charge is 0.241 e. The Morgan fingerprint density at radius 1 is 1.29 bits per heavy atom. The molecule has 86 valence electrons. The van der Waals surface area contributed by atoms with Crippen LogP contribution >= 0.6 is 22.9 Å². The highest BCUT2D eigenvalue weighted by Gasteiger charge is 2.14. The molecular formula is C11H9ClN4S. The molecular weight excluding hydrogens is 256 g/mol. The summed E-state index contributed by atoms with van der Waals surface area (Å²) in [5.74, 6) is 0.298. The molecule has 6 heteroatoms. The van der Waals surface area contributed by atoms with E-state index in [2.05, 4.69) is 10.1 Å². The van der Waals surface area contributed by atoms with Crippen LogP contribution in [0.5, 0.6) is 0 Å². The van der Waals surface area contributed by atoms with E-state index in [1.165, 1.54) is 0 Å². The van der Waals surface area contributed by atoms with Crippen LogP contribution in [0.2, 0.25) is 5.02 Å². The molecule has 0 spiro atoms. The molecule has 0 aliphatic rings. The topological polar surface area (TPSA) is 56.2 Å². The van der Waals surface area contributed by atoms with E-state index in [1.54, 1.807) is 15.9 Å². The molecule has 0 amide bonds. The van der Waals surface area contributed by atoms with Gasteiger partial charge in [-0.25, -0.2) is 4.52 Å². The van der Waals surface area contributed by atoms with E-state index < -0.39 is 0 Å². The molecule has 3 aromatic rings. The first-order chi connectivity index (χ1) is 8.15. The summed E-state index contributed by atoms with van der Waals surface area (Å²) in [5, 5.41) is 4.91. The third-order valence-corrected chi connectivity index (χ3v) is 3.70. The fraction of sp³-hybridized carbons (Fsp3) is 0.0909. The average Bonchev–Trinajstić information content (AvgIpc) is 2.75. The molecule has 0 saturated carbocycles. The zero-order chi connectivity index (χ0) is 12.0. The standard InChI is InChI=1S/C11H9ClN4S/c1-6-9(7-2-4-8(12)5-3-7)16-11(17-6)14-10(13)15-16/h2-5H,1H3,(H2,13,15). The summed E-state index contributed by atoms with van der Waals surface area (Å²) in [7, 11) is 0. The largest absolute Gasteiger partial charge is 0.366 e. The number of nitrogens with two attached hydrogens (primary N) is 1. The van der Waals surface area contributed by atoms with Gasteiger partial charge in [0.2, 0.25) is 10.9 Å². The van der Waals surface area contributed by atoms with Crippen molar-refractivity contribution in [3.8, 4) is 11.3 Å². The number of hydrogen-bond acceptors (Lipinski definition) is 4. The van der Waals surface area contributed by atoms with E-state index in [-0.39, 0.29) is 0 Å². The number of hydrogen-bond donors (Lipinski definition) is 1. The van der Waals surface area contributed by atoms with Gasteiger partial charge < -0.3 is 5.73 Å². The fourth-order valence-corrected chi connectivity index (χ4v) is 2.85. The first-order valence-corrected chi connectivity index (χ1v) is 6.22. The molecule has 2 N–H and O–H groups in total. The number of halogens is 1. The molecule has 2 heterocycles. The molecule has 0 aliphatic heterocycles. The molecule has 3 rings (SSSR count). The van der Waals surface area contributed by atoms with Crippen LogP contribution in [0.1, 0.15) is 4.88 Å². The summed E-state index contributed by atoms with van der Waals surface area (Å²) in [6.45, 7) is 2.04. The summed E-state index contributed by atoms with van der Waals surface area (Å²) in [6, 6.07) is 7.66. The summed E-state index contributed by atoms with van der Waals surface area (Å²) in [5.41, 5.74) is 7.68. The number of benzene rings is 1. The number of rotatable bonds is 1. The Morgan fingerprint density at radius 3 is 2.71 bits per heavy atom. The highest BCUT2D eigenvalue weighted by molar-refractivity contribution is 7.17. The number of nitrogen functional groups attached to an aromatic ring is 1. The van der Waals surface area contributed by atoms with Gasteiger partial charge >= 0.3 is 0 Å². The Kier molecular flexibility index (Phi) is 2.31. The lowest BCUT2D eigenvalue weighted by molar-refractivity contribution is 0.987. The molecule has 1 aromatic carbocycles. The monoisotopic (exact) mass is 264 g/mol. The predicted molar refractivity (Wildman–Crippen MR) is 70.5 cm³/mol. The van der Waals surface area contributed by atoms with Crippen LogP contribution in [0.25, 0.3) is 16.2 Å². The Bertz CT molecular complexity index is 683. The number of aryl methyl sites for hydroxylation is 1. The SMILES string of the molecule is Cc1sc2nc(N)nn2c1-c1ccc(Cl)cc1. The van der Waals surface area contributed by atoms with Gasteiger partial charge in [-0.05, 0) is 19.1 Å². The number of aromatic nitrogens is 3. The third-order valence-electron chi connectivity index (χ3n) is 2.50. The van der Waals surface area contributed by atoms with Crippen molar-refractivity contribution in [2.45, 2.75) is 6.92 Å². The van der Waals surface area contributed by atoms with E-state index in [0.717, 1.165) is 26.1 Å². The lowest BCUT2D eigenvalue weighted by Crippen LogP contribution is -1.92. The first-order valence-electron chi connectivity index (χ1n) is 5.03. The van der Waals surface area contributed by atoms with E-state index in [4.69, 9.17) is 17.3 Å². The minimum atomic E-state index is 0.298. The second kappa shape index (κ2) is 3.72. The Labute approximate surface area is 107 Å². The van der Waals surface area contributed by atoms with Gasteiger partial charge in [-0.1, -0.05) is 35.1 Å². The van der Waals surface area contributed by atoms with Gasteiger partial charge in [-0.2, -0.15) is 4.98 Å². The van der Waals surface area contributed by atoms with Crippen molar-refractivity contribution < 1.29 is 0 Å². The number of anilines is 1. The molecule has 0 bridgehead atoms. The Balaban J connectivity index is 2.28. The zero-order valence-electron chi connectivity index (χ0n) is 9.01. The molecule has 0 fully saturated rings. The molecule has 17 heavy (non-hydrogen) atoms. The first kappa shape index (κ1) is 10.6. The summed E-state index contributed by atoms with van der Waals surface area (Å²) < 4.78 is 1.78. The second-order valence-electron chi connectivity index (χ2n) is 3.68. The van der Waals surface area contributed by atoms with Gasteiger partial charge in [-0.15, -0.1) is 5.10 Å². The van der Waals surface area contributed by atoms with Crippen molar-refractivity contribution in [1.82, 2.24) is 14.6 Å². The lowest BCUT2D eigenvalue weighted by Gasteiger charge is -2.00. The number of fused-ring (bicyclic) bond motifs is 1. The average molecular weight is 265 g/mol. The van der Waals surface area contributed by atoms with Crippen molar-refractivity contribution in [1.29, 1.82) is 0 Å². The third kappa shape index (κ3) is 1.67. The highest BCUT2D eigenvalue weighted by Crippen LogP contribution is 2.31. The van der Waals surface area contributed by atoms with E-state index in [1.807, 2.05) is 31.2 Å². The van der Waals surface area contributed by atoms with Crippen molar-refractivity contribution >= 4 is 33.8 Å². The van der Waals surface area contributed by atoms with Crippen LogP contribution in [0.4, 0.5) is 5.95 Å². The van der Waals surface area contributed by atoms with Crippen molar-refractivity contribution in [3.63, 3.8) is 0 Å². The summed E-state index contributed by atoms with van der Waals surface area (Å²) in [4.78, 5) is 6.12. The van der Waals surface area contributed by atoms with Gasteiger partial charge in [0.05, 0.1) is 5.69 Å². The predicted octanol–water partition coefficient (Wildman–Crippen LogP) is 3.00. The molecule has 2 aromatic heterocycles. The van der Waals surface area contributed by atoms with Gasteiger partial charge in [0.25, 0.3) is 0 Å². The summed E-state index contributed by atoms with van der Waals surface area (Å²) >= 11 is 7.46. The quantitative estimate of drug-likeness (QED) is 0.735. The number of thiazole rings is 1. The minimum absolute atomic E-state index is 0.298. The molecule has 4 nitrogen and oxygen atoms in total. The Morgan fingerprint density at radius 2 is 2.00 bits per heavy atom. The van der Waals surface area contributed by atoms with Crippen LogP contribution in [-0.2, 0) is 0 Å². The molecule has 0 saturated heterocycles. The van der Waals surface area contributed by atoms with Gasteiger partial charge in [0.15, 0.2) is 0 Å².